The molecule has 1 aliphatic heterocycles. The van der Waals surface area contributed by atoms with Crippen molar-refractivity contribution in [2.45, 2.75) is 25.6 Å². The summed E-state index contributed by atoms with van der Waals surface area (Å²) in [5, 5.41) is 20.0. The van der Waals surface area contributed by atoms with Crippen LogP contribution in [0.3, 0.4) is 0 Å². The van der Waals surface area contributed by atoms with Crippen molar-refractivity contribution < 1.29 is 19.0 Å². The zero-order chi connectivity index (χ0) is 19.4. The van der Waals surface area contributed by atoms with Gasteiger partial charge in [-0.2, -0.15) is 0 Å². The molecule has 27 heavy (non-hydrogen) atoms. The van der Waals surface area contributed by atoms with Crippen molar-refractivity contribution in [3.63, 3.8) is 0 Å². The van der Waals surface area contributed by atoms with Gasteiger partial charge in [0, 0.05) is 56.0 Å². The third-order valence-corrected chi connectivity index (χ3v) is 5.19. The Kier molecular flexibility index (Phi) is 6.65. The Balaban J connectivity index is 1.67. The van der Waals surface area contributed by atoms with Gasteiger partial charge in [0.15, 0.2) is 11.6 Å². The molecule has 0 aliphatic carbocycles. The maximum Gasteiger partial charge on any atom is 0.159 e. The van der Waals surface area contributed by atoms with Crippen LogP contribution in [0.5, 0.6) is 5.75 Å². The molecule has 1 unspecified atom stereocenters. The molecular formula is C20H23ClF2N2O2. The van der Waals surface area contributed by atoms with E-state index in [4.69, 9.17) is 11.6 Å². The van der Waals surface area contributed by atoms with Crippen LogP contribution in [0.25, 0.3) is 0 Å². The van der Waals surface area contributed by atoms with Gasteiger partial charge in [0.05, 0.1) is 0 Å². The van der Waals surface area contributed by atoms with E-state index >= 15 is 0 Å². The van der Waals surface area contributed by atoms with Gasteiger partial charge in [-0.3, -0.25) is 9.80 Å². The standard InChI is InChI=1S/C20H23ClF2N2O2/c21-16-2-4-20(27)15(10-16)12-24-6-7-25(17(13-24)5-8-26)11-14-1-3-18(22)19(23)9-14/h1-4,9-10,17,26-27H,5-8,11-13H2. The van der Waals surface area contributed by atoms with E-state index in [2.05, 4.69) is 9.80 Å². The summed E-state index contributed by atoms with van der Waals surface area (Å²) in [6.45, 7) is 3.30. The lowest BCUT2D eigenvalue weighted by Gasteiger charge is -2.41. The summed E-state index contributed by atoms with van der Waals surface area (Å²) in [5.41, 5.74) is 1.47. The lowest BCUT2D eigenvalue weighted by atomic mass is 10.1. The monoisotopic (exact) mass is 396 g/mol. The van der Waals surface area contributed by atoms with Crippen molar-refractivity contribution in [2.24, 2.45) is 0 Å². The minimum Gasteiger partial charge on any atom is -0.508 e. The van der Waals surface area contributed by atoms with Gasteiger partial charge in [-0.1, -0.05) is 17.7 Å². The Morgan fingerprint density at radius 3 is 2.59 bits per heavy atom. The zero-order valence-corrected chi connectivity index (χ0v) is 15.7. The van der Waals surface area contributed by atoms with E-state index in [1.165, 1.54) is 6.07 Å². The number of aliphatic hydroxyl groups is 1. The molecule has 0 spiro atoms. The van der Waals surface area contributed by atoms with E-state index in [9.17, 15) is 19.0 Å². The van der Waals surface area contributed by atoms with Crippen LogP contribution >= 0.6 is 11.6 Å². The summed E-state index contributed by atoms with van der Waals surface area (Å²) in [5.74, 6) is -1.49. The van der Waals surface area contributed by atoms with E-state index in [1.807, 2.05) is 0 Å². The Morgan fingerprint density at radius 1 is 1.04 bits per heavy atom. The van der Waals surface area contributed by atoms with Crippen LogP contribution in [0.4, 0.5) is 8.78 Å². The van der Waals surface area contributed by atoms with Gasteiger partial charge in [0.25, 0.3) is 0 Å². The second kappa shape index (κ2) is 8.97. The maximum atomic E-state index is 13.5. The summed E-state index contributed by atoms with van der Waals surface area (Å²) in [6, 6.07) is 9.03. The molecule has 0 bridgehead atoms. The SMILES string of the molecule is OCCC1CN(Cc2cc(Cl)ccc2O)CCN1Cc1ccc(F)c(F)c1. The molecule has 2 N–H and O–H groups in total. The fraction of sp³-hybridized carbons (Fsp3) is 0.400. The van der Waals surface area contributed by atoms with Gasteiger partial charge >= 0.3 is 0 Å². The predicted molar refractivity (Wildman–Crippen MR) is 101 cm³/mol. The smallest absolute Gasteiger partial charge is 0.159 e. The second-order valence-electron chi connectivity index (χ2n) is 6.89. The van der Waals surface area contributed by atoms with Crippen molar-refractivity contribution in [2.75, 3.05) is 26.2 Å². The first-order valence-corrected chi connectivity index (χ1v) is 9.32. The molecule has 0 aromatic heterocycles. The normalized spacial score (nSPS) is 18.7. The molecule has 0 radical (unpaired) electrons. The van der Waals surface area contributed by atoms with Crippen LogP contribution in [0.2, 0.25) is 5.02 Å². The maximum absolute atomic E-state index is 13.5. The molecule has 2 aromatic carbocycles. The number of phenols is 1. The summed E-state index contributed by atoms with van der Waals surface area (Å²) < 4.78 is 26.6. The Labute approximate surface area is 162 Å². The predicted octanol–water partition coefficient (Wildman–Crippen LogP) is 3.39. The van der Waals surface area contributed by atoms with Gasteiger partial charge in [-0.15, -0.1) is 0 Å². The molecule has 1 atom stereocenters. The van der Waals surface area contributed by atoms with Crippen LogP contribution in [0.1, 0.15) is 17.5 Å². The van der Waals surface area contributed by atoms with Crippen molar-refractivity contribution in [1.82, 2.24) is 9.80 Å². The number of aliphatic hydroxyl groups excluding tert-OH is 1. The Morgan fingerprint density at radius 2 is 1.85 bits per heavy atom. The third kappa shape index (κ3) is 5.17. The van der Waals surface area contributed by atoms with Crippen molar-refractivity contribution in [1.29, 1.82) is 0 Å². The first kappa shape index (κ1) is 20.0. The van der Waals surface area contributed by atoms with E-state index in [-0.39, 0.29) is 18.4 Å². The van der Waals surface area contributed by atoms with Crippen LogP contribution in [0.15, 0.2) is 36.4 Å². The summed E-state index contributed by atoms with van der Waals surface area (Å²) in [7, 11) is 0. The summed E-state index contributed by atoms with van der Waals surface area (Å²) >= 11 is 6.02. The average Bonchev–Trinajstić information content (AvgIpc) is 2.64. The number of piperazine rings is 1. The second-order valence-corrected chi connectivity index (χ2v) is 7.33. The number of phenolic OH excluding ortho intramolecular Hbond substituents is 1. The molecule has 1 aliphatic rings. The lowest BCUT2D eigenvalue weighted by molar-refractivity contribution is 0.0495. The van der Waals surface area contributed by atoms with Crippen LogP contribution < -0.4 is 0 Å². The number of benzene rings is 2. The zero-order valence-electron chi connectivity index (χ0n) is 14.9. The van der Waals surface area contributed by atoms with Crippen LogP contribution in [-0.2, 0) is 13.1 Å². The minimum absolute atomic E-state index is 0.0508. The Bertz CT molecular complexity index is 791. The number of rotatable bonds is 6. The Hall–Kier alpha value is -1.73. The molecule has 146 valence electrons. The molecule has 1 saturated heterocycles. The largest absolute Gasteiger partial charge is 0.508 e. The molecule has 7 heteroatoms. The van der Waals surface area contributed by atoms with Gasteiger partial charge in [-0.25, -0.2) is 8.78 Å². The van der Waals surface area contributed by atoms with E-state index in [0.717, 1.165) is 24.7 Å². The molecule has 1 fully saturated rings. The topological polar surface area (TPSA) is 46.9 Å². The van der Waals surface area contributed by atoms with Crippen molar-refractivity contribution in [3.8, 4) is 5.75 Å². The molecule has 0 saturated carbocycles. The first-order chi connectivity index (χ1) is 13.0. The number of aromatic hydroxyl groups is 1. The number of hydrogen-bond acceptors (Lipinski definition) is 4. The van der Waals surface area contributed by atoms with Crippen LogP contribution in [-0.4, -0.2) is 52.3 Å². The summed E-state index contributed by atoms with van der Waals surface area (Å²) in [4.78, 5) is 4.38. The number of nitrogens with zero attached hydrogens (tertiary/aromatic N) is 2. The van der Waals surface area contributed by atoms with Gasteiger partial charge in [0.1, 0.15) is 5.75 Å². The minimum atomic E-state index is -0.850. The number of halogens is 3. The molecule has 3 rings (SSSR count). The molecule has 4 nitrogen and oxygen atoms in total. The van der Waals surface area contributed by atoms with E-state index in [0.29, 0.717) is 36.6 Å². The van der Waals surface area contributed by atoms with Crippen molar-refractivity contribution in [3.05, 3.63) is 64.2 Å². The average molecular weight is 397 g/mol. The van der Waals surface area contributed by atoms with Gasteiger partial charge in [-0.05, 0) is 42.3 Å². The molecule has 2 aromatic rings. The quantitative estimate of drug-likeness (QED) is 0.785. The highest BCUT2D eigenvalue weighted by Gasteiger charge is 2.27. The highest BCUT2D eigenvalue weighted by Crippen LogP contribution is 2.25. The highest BCUT2D eigenvalue weighted by atomic mass is 35.5. The fourth-order valence-corrected chi connectivity index (χ4v) is 3.72. The number of hydrogen-bond donors (Lipinski definition) is 2. The molecule has 1 heterocycles. The van der Waals surface area contributed by atoms with E-state index in [1.54, 1.807) is 24.3 Å². The van der Waals surface area contributed by atoms with Crippen LogP contribution in [0, 0.1) is 11.6 Å². The van der Waals surface area contributed by atoms with Gasteiger partial charge < -0.3 is 10.2 Å². The summed E-state index contributed by atoms with van der Waals surface area (Å²) in [6.07, 6.45) is 0.585. The lowest BCUT2D eigenvalue weighted by Crippen LogP contribution is -2.52. The van der Waals surface area contributed by atoms with Gasteiger partial charge in [0.2, 0.25) is 0 Å². The highest BCUT2D eigenvalue weighted by molar-refractivity contribution is 6.30. The molecule has 0 amide bonds. The van der Waals surface area contributed by atoms with E-state index < -0.39 is 11.6 Å². The molecular weight excluding hydrogens is 374 g/mol. The fourth-order valence-electron chi connectivity index (χ4n) is 3.53. The third-order valence-electron chi connectivity index (χ3n) is 4.96. The van der Waals surface area contributed by atoms with Crippen molar-refractivity contribution >= 4 is 11.6 Å². The first-order valence-electron chi connectivity index (χ1n) is 8.95.